The van der Waals surface area contributed by atoms with Crippen LogP contribution in [0.4, 0.5) is 0 Å². The monoisotopic (exact) mass is 316 g/mol. The fraction of sp³-hybridized carbons (Fsp3) is 0.0769. The molecule has 5 heteroatoms. The first kappa shape index (κ1) is 17.5. The van der Waals surface area contributed by atoms with E-state index in [4.69, 9.17) is 4.22 Å². The zero-order chi connectivity index (χ0) is 11.2. The second-order valence-corrected chi connectivity index (χ2v) is 5.01. The largest absolute Gasteiger partial charge is 0.368 e. The van der Waals surface area contributed by atoms with Crippen LogP contribution < -0.4 is 29.0 Å². The summed E-state index contributed by atoms with van der Waals surface area (Å²) >= 11 is -0.293. The molecule has 1 aromatic heterocycles. The van der Waals surface area contributed by atoms with Crippen LogP contribution in [-0.4, -0.2) is 4.98 Å². The topological polar surface area (TPSA) is 41.8 Å². The average Bonchev–Trinajstić information content (AvgIpc) is 3.02. The molecule has 3 rings (SSSR count). The Labute approximate surface area is 129 Å². The number of allylic oxidation sites excluding steroid dienone is 1. The SMILES string of the molecule is [Cl-].[Cl-].[NH2][Ti+2][CH]1C=Cc2ccccc21.c1cc[nH]c1. The fourth-order valence-electron chi connectivity index (χ4n) is 1.67. The number of hydrogen-bond acceptors (Lipinski definition) is 1. The molecule has 0 aliphatic heterocycles. The third-order valence-electron chi connectivity index (χ3n) is 2.47. The van der Waals surface area contributed by atoms with Crippen molar-refractivity contribution in [3.05, 3.63) is 66.0 Å². The van der Waals surface area contributed by atoms with Crippen molar-refractivity contribution in [2.24, 2.45) is 4.22 Å². The van der Waals surface area contributed by atoms with Gasteiger partial charge in [-0.1, -0.05) is 0 Å². The van der Waals surface area contributed by atoms with E-state index >= 15 is 0 Å². The quantitative estimate of drug-likeness (QED) is 0.533. The van der Waals surface area contributed by atoms with Gasteiger partial charge in [0.25, 0.3) is 0 Å². The molecule has 18 heavy (non-hydrogen) atoms. The van der Waals surface area contributed by atoms with E-state index in [0.29, 0.717) is 4.22 Å². The number of halogens is 2. The molecule has 0 bridgehead atoms. The molecule has 3 N–H and O–H groups in total. The van der Waals surface area contributed by atoms with Crippen molar-refractivity contribution in [1.82, 2.24) is 4.98 Å². The smallest absolute Gasteiger partial charge is 0.000496 e. The summed E-state index contributed by atoms with van der Waals surface area (Å²) < 4.78 is 6.30. The summed E-state index contributed by atoms with van der Waals surface area (Å²) in [5.41, 5.74) is 2.78. The molecule has 0 saturated heterocycles. The van der Waals surface area contributed by atoms with E-state index in [1.54, 1.807) is 0 Å². The van der Waals surface area contributed by atoms with Gasteiger partial charge in [-0.2, -0.15) is 0 Å². The van der Waals surface area contributed by atoms with Crippen LogP contribution >= 0.6 is 0 Å². The Bertz CT molecular complexity index is 441. The predicted octanol–water partition coefficient (Wildman–Crippen LogP) is -3.27. The van der Waals surface area contributed by atoms with Crippen LogP contribution in [0.15, 0.2) is 54.9 Å². The molecule has 0 fully saturated rings. The molecule has 2 aromatic rings. The van der Waals surface area contributed by atoms with E-state index < -0.39 is 0 Å². The Morgan fingerprint density at radius 3 is 2.22 bits per heavy atom. The van der Waals surface area contributed by atoms with Crippen LogP contribution in [0.5, 0.6) is 0 Å². The number of aromatic amines is 1. The van der Waals surface area contributed by atoms with Crippen molar-refractivity contribution in [2.75, 3.05) is 0 Å². The molecular weight excluding hydrogens is 303 g/mol. The van der Waals surface area contributed by atoms with Gasteiger partial charge in [-0.15, -0.1) is 0 Å². The predicted molar refractivity (Wildman–Crippen MR) is 63.2 cm³/mol. The molecule has 0 amide bonds. The van der Waals surface area contributed by atoms with Gasteiger partial charge in [0.05, 0.1) is 0 Å². The van der Waals surface area contributed by atoms with Crippen LogP contribution in [0.25, 0.3) is 6.08 Å². The summed E-state index contributed by atoms with van der Waals surface area (Å²) in [7, 11) is 0. The van der Waals surface area contributed by atoms with Crippen LogP contribution in [0.2, 0.25) is 0 Å². The fourth-order valence-corrected chi connectivity index (χ4v) is 2.69. The number of nitrogens with one attached hydrogen (secondary N) is 1. The minimum absolute atomic E-state index is 0. The third-order valence-corrected chi connectivity index (χ3v) is 3.82. The first-order valence-corrected chi connectivity index (χ1v) is 7.03. The molecule has 0 radical (unpaired) electrons. The minimum atomic E-state index is -0.293. The van der Waals surface area contributed by atoms with Gasteiger partial charge in [-0.05, 0) is 12.1 Å². The van der Waals surface area contributed by atoms with Gasteiger partial charge >= 0.3 is 75.4 Å². The van der Waals surface area contributed by atoms with Crippen molar-refractivity contribution in [1.29, 1.82) is 0 Å². The zero-order valence-corrected chi connectivity index (χ0v) is 12.8. The van der Waals surface area contributed by atoms with E-state index in [1.807, 2.05) is 24.5 Å². The second kappa shape index (κ2) is 9.43. The zero-order valence-electron chi connectivity index (χ0n) is 9.68. The maximum atomic E-state index is 5.72. The molecule has 1 atom stereocenters. The second-order valence-electron chi connectivity index (χ2n) is 3.52. The van der Waals surface area contributed by atoms with Crippen LogP contribution in [0.3, 0.4) is 0 Å². The Kier molecular flexibility index (Phi) is 9.16. The molecule has 0 spiro atoms. The number of nitrogens with two attached hydrogens (primary N) is 1. The van der Waals surface area contributed by atoms with Gasteiger partial charge in [-0.3, -0.25) is 0 Å². The van der Waals surface area contributed by atoms with Gasteiger partial charge in [-0.25, -0.2) is 0 Å². The van der Waals surface area contributed by atoms with Crippen molar-refractivity contribution >= 4 is 6.08 Å². The van der Waals surface area contributed by atoms with Gasteiger partial charge in [0.1, 0.15) is 0 Å². The van der Waals surface area contributed by atoms with E-state index in [9.17, 15) is 0 Å². The van der Waals surface area contributed by atoms with Crippen LogP contribution in [0.1, 0.15) is 15.3 Å². The van der Waals surface area contributed by atoms with E-state index in [2.05, 4.69) is 41.4 Å². The van der Waals surface area contributed by atoms with Crippen molar-refractivity contribution in [3.63, 3.8) is 0 Å². The van der Waals surface area contributed by atoms with E-state index in [1.165, 1.54) is 11.1 Å². The molecule has 94 valence electrons. The molecule has 1 heterocycles. The summed E-state index contributed by atoms with van der Waals surface area (Å²) in [5.74, 6) is 0. The Hall–Kier alpha value is -0.506. The summed E-state index contributed by atoms with van der Waals surface area (Å²) in [6.07, 6.45) is 8.15. The summed E-state index contributed by atoms with van der Waals surface area (Å²) in [5, 5.41) is 0. The Balaban J connectivity index is 0.000000357. The van der Waals surface area contributed by atoms with E-state index in [-0.39, 0.29) is 44.2 Å². The van der Waals surface area contributed by atoms with Crippen molar-refractivity contribution in [2.45, 2.75) is 4.22 Å². The first-order chi connectivity index (χ1) is 7.92. The Morgan fingerprint density at radius 2 is 1.67 bits per heavy atom. The normalized spacial score (nSPS) is 14.2. The number of aromatic nitrogens is 1. The molecule has 2 nitrogen and oxygen atoms in total. The van der Waals surface area contributed by atoms with Crippen molar-refractivity contribution in [3.8, 4) is 0 Å². The molecule has 0 saturated carbocycles. The summed E-state index contributed by atoms with van der Waals surface area (Å²) in [4.78, 5) is 2.86. The minimum Gasteiger partial charge on any atom is -0.368 e. The standard InChI is InChI=1S/C9H7.C4H5N.2ClH.H2N.Ti/c1-2-5-9-7-3-6-8(9)4-1;1-2-4-5-3-1;;;;/h1-7H;1-5H;2*1H;1H2;/q;;;;-1;+3/p-2. The molecule has 1 aliphatic rings. The number of H-pyrrole nitrogens is 1. The number of hydrogen-bond donors (Lipinski definition) is 2. The van der Waals surface area contributed by atoms with Gasteiger partial charge < -0.3 is 29.8 Å². The molecular formula is C13H14Cl2N2Ti. The number of rotatable bonds is 1. The van der Waals surface area contributed by atoms with Crippen LogP contribution in [0, 0.1) is 0 Å². The van der Waals surface area contributed by atoms with E-state index in [0.717, 1.165) is 0 Å². The summed E-state index contributed by atoms with van der Waals surface area (Å²) in [6, 6.07) is 12.4. The third kappa shape index (κ3) is 4.64. The van der Waals surface area contributed by atoms with Gasteiger partial charge in [0.2, 0.25) is 0 Å². The average molecular weight is 317 g/mol. The number of fused-ring (bicyclic) bond motifs is 1. The van der Waals surface area contributed by atoms with Gasteiger partial charge in [0.15, 0.2) is 0 Å². The molecule has 1 unspecified atom stereocenters. The maximum absolute atomic E-state index is 5.72. The van der Waals surface area contributed by atoms with Crippen molar-refractivity contribution < 1.29 is 44.2 Å². The maximum Gasteiger partial charge on any atom is 0.000496 e. The number of benzene rings is 1. The Morgan fingerprint density at radius 1 is 1.00 bits per heavy atom. The molecule has 1 aliphatic carbocycles. The van der Waals surface area contributed by atoms with Gasteiger partial charge in [0, 0.05) is 12.4 Å². The first-order valence-electron chi connectivity index (χ1n) is 5.23. The summed E-state index contributed by atoms with van der Waals surface area (Å²) in [6.45, 7) is 0. The molecule has 1 aromatic carbocycles. The van der Waals surface area contributed by atoms with Crippen LogP contribution in [-0.2, 0) is 19.4 Å².